The normalized spacial score (nSPS) is 22.5. The van der Waals surface area contributed by atoms with Crippen LogP contribution in [0.25, 0.3) is 0 Å². The van der Waals surface area contributed by atoms with Crippen LogP contribution in [0, 0.1) is 11.6 Å². The van der Waals surface area contributed by atoms with E-state index in [9.17, 15) is 8.78 Å². The number of hydrogen-bond acceptors (Lipinski definition) is 3. The summed E-state index contributed by atoms with van der Waals surface area (Å²) in [5.41, 5.74) is 0.0582. The van der Waals surface area contributed by atoms with Crippen LogP contribution in [0.2, 0.25) is 0 Å². The second kappa shape index (κ2) is 6.71. The van der Waals surface area contributed by atoms with Crippen molar-refractivity contribution >= 4 is 0 Å². The highest BCUT2D eigenvalue weighted by atomic mass is 19.1. The van der Waals surface area contributed by atoms with Gasteiger partial charge in [-0.05, 0) is 45.7 Å². The highest BCUT2D eigenvalue weighted by Crippen LogP contribution is 2.23. The lowest BCUT2D eigenvalue weighted by Crippen LogP contribution is -2.41. The maximum absolute atomic E-state index is 13.4. The highest BCUT2D eigenvalue weighted by molar-refractivity contribution is 5.24. The second-order valence-corrected chi connectivity index (χ2v) is 6.47. The highest BCUT2D eigenvalue weighted by Gasteiger charge is 2.27. The first-order valence-corrected chi connectivity index (χ1v) is 7.32. The fourth-order valence-electron chi connectivity index (χ4n) is 2.24. The third kappa shape index (κ3) is 5.25. The van der Waals surface area contributed by atoms with Crippen molar-refractivity contribution in [3.05, 3.63) is 29.8 Å². The van der Waals surface area contributed by atoms with Gasteiger partial charge in [-0.2, -0.15) is 0 Å². The summed E-state index contributed by atoms with van der Waals surface area (Å²) in [6.45, 7) is 7.35. The summed E-state index contributed by atoms with van der Waals surface area (Å²) in [6, 6.07) is 3.20. The molecule has 0 saturated carbocycles. The Hall–Kier alpha value is -1.20. The van der Waals surface area contributed by atoms with E-state index in [4.69, 9.17) is 9.47 Å². The monoisotopic (exact) mass is 299 g/mol. The van der Waals surface area contributed by atoms with Gasteiger partial charge in [-0.1, -0.05) is 0 Å². The predicted octanol–water partition coefficient (Wildman–Crippen LogP) is 3.28. The van der Waals surface area contributed by atoms with Gasteiger partial charge < -0.3 is 14.8 Å². The number of nitrogens with one attached hydrogen (secondary N) is 1. The maximum atomic E-state index is 13.4. The molecule has 3 nitrogen and oxygen atoms in total. The molecule has 1 aromatic rings. The Balaban J connectivity index is 1.76. The van der Waals surface area contributed by atoms with Gasteiger partial charge in [0.05, 0.1) is 12.2 Å². The number of halogens is 2. The van der Waals surface area contributed by atoms with Gasteiger partial charge in [0.15, 0.2) is 11.6 Å². The van der Waals surface area contributed by atoms with Crippen LogP contribution in [-0.4, -0.2) is 30.9 Å². The molecular weight excluding hydrogens is 276 g/mol. The minimum atomic E-state index is -0.555. The van der Waals surface area contributed by atoms with E-state index in [1.807, 2.05) is 0 Å². The SMILES string of the molecule is CC(C)(C)NCC1CCC(COc2cc(F)ccc2F)O1. The van der Waals surface area contributed by atoms with Crippen molar-refractivity contribution in [1.82, 2.24) is 5.32 Å². The molecular formula is C16H23F2NO2. The predicted molar refractivity (Wildman–Crippen MR) is 77.5 cm³/mol. The third-order valence-corrected chi connectivity index (χ3v) is 3.37. The summed E-state index contributed by atoms with van der Waals surface area (Å²) >= 11 is 0. The van der Waals surface area contributed by atoms with Crippen LogP contribution in [0.5, 0.6) is 5.75 Å². The van der Waals surface area contributed by atoms with Crippen molar-refractivity contribution in [1.29, 1.82) is 0 Å². The van der Waals surface area contributed by atoms with Crippen molar-refractivity contribution in [3.63, 3.8) is 0 Å². The number of rotatable bonds is 5. The smallest absolute Gasteiger partial charge is 0.165 e. The largest absolute Gasteiger partial charge is 0.488 e. The summed E-state index contributed by atoms with van der Waals surface area (Å²) in [5, 5.41) is 3.40. The van der Waals surface area contributed by atoms with Crippen LogP contribution in [0.4, 0.5) is 8.78 Å². The summed E-state index contributed by atoms with van der Waals surface area (Å²) < 4.78 is 37.6. The Kier molecular flexibility index (Phi) is 5.17. The average Bonchev–Trinajstić information content (AvgIpc) is 2.85. The van der Waals surface area contributed by atoms with Crippen molar-refractivity contribution in [2.75, 3.05) is 13.2 Å². The topological polar surface area (TPSA) is 30.5 Å². The molecule has 2 atom stereocenters. The lowest BCUT2D eigenvalue weighted by atomic mass is 10.1. The van der Waals surface area contributed by atoms with Gasteiger partial charge in [-0.25, -0.2) is 8.78 Å². The van der Waals surface area contributed by atoms with E-state index >= 15 is 0 Å². The van der Waals surface area contributed by atoms with Gasteiger partial charge in [-0.15, -0.1) is 0 Å². The van der Waals surface area contributed by atoms with Gasteiger partial charge >= 0.3 is 0 Å². The number of ether oxygens (including phenoxy) is 2. The number of benzene rings is 1. The van der Waals surface area contributed by atoms with Gasteiger partial charge in [0.2, 0.25) is 0 Å². The molecule has 0 bridgehead atoms. The van der Waals surface area contributed by atoms with Crippen LogP contribution < -0.4 is 10.1 Å². The molecule has 5 heteroatoms. The first kappa shape index (κ1) is 16.2. The summed E-state index contributed by atoms with van der Waals surface area (Å²) in [6.07, 6.45) is 1.89. The summed E-state index contributed by atoms with van der Waals surface area (Å²) in [4.78, 5) is 0. The minimum absolute atomic E-state index is 0.0582. The van der Waals surface area contributed by atoms with E-state index in [1.165, 1.54) is 0 Å². The molecule has 0 amide bonds. The van der Waals surface area contributed by atoms with E-state index in [0.29, 0.717) is 0 Å². The van der Waals surface area contributed by atoms with Crippen molar-refractivity contribution in [2.24, 2.45) is 0 Å². The fourth-order valence-corrected chi connectivity index (χ4v) is 2.24. The van der Waals surface area contributed by atoms with Crippen LogP contribution in [-0.2, 0) is 4.74 Å². The molecule has 1 aromatic carbocycles. The van der Waals surface area contributed by atoms with Crippen LogP contribution >= 0.6 is 0 Å². The molecule has 1 aliphatic heterocycles. The van der Waals surface area contributed by atoms with E-state index in [1.54, 1.807) is 0 Å². The zero-order valence-corrected chi connectivity index (χ0v) is 12.8. The van der Waals surface area contributed by atoms with Crippen LogP contribution in [0.1, 0.15) is 33.6 Å². The van der Waals surface area contributed by atoms with E-state index in [2.05, 4.69) is 26.1 Å². The van der Waals surface area contributed by atoms with Crippen LogP contribution in [0.3, 0.4) is 0 Å². The molecule has 0 radical (unpaired) electrons. The summed E-state index contributed by atoms with van der Waals surface area (Å²) in [7, 11) is 0. The fraction of sp³-hybridized carbons (Fsp3) is 0.625. The van der Waals surface area contributed by atoms with Gasteiger partial charge in [-0.3, -0.25) is 0 Å². The van der Waals surface area contributed by atoms with Gasteiger partial charge in [0, 0.05) is 18.2 Å². The Labute approximate surface area is 124 Å². The Morgan fingerprint density at radius 1 is 1.24 bits per heavy atom. The van der Waals surface area contributed by atoms with Gasteiger partial charge in [0.1, 0.15) is 12.4 Å². The first-order chi connectivity index (χ1) is 9.83. The molecule has 2 unspecified atom stereocenters. The lowest BCUT2D eigenvalue weighted by Gasteiger charge is -2.23. The Morgan fingerprint density at radius 3 is 2.67 bits per heavy atom. The van der Waals surface area contributed by atoms with Crippen molar-refractivity contribution in [2.45, 2.75) is 51.4 Å². The van der Waals surface area contributed by atoms with Crippen molar-refractivity contribution in [3.8, 4) is 5.75 Å². The molecule has 2 rings (SSSR count). The minimum Gasteiger partial charge on any atom is -0.488 e. The maximum Gasteiger partial charge on any atom is 0.165 e. The molecule has 118 valence electrons. The average molecular weight is 299 g/mol. The molecule has 21 heavy (non-hydrogen) atoms. The molecule has 1 heterocycles. The Bertz CT molecular complexity index is 474. The zero-order valence-electron chi connectivity index (χ0n) is 12.8. The first-order valence-electron chi connectivity index (χ1n) is 7.32. The molecule has 1 N–H and O–H groups in total. The summed E-state index contributed by atoms with van der Waals surface area (Å²) in [5.74, 6) is -1.12. The second-order valence-electron chi connectivity index (χ2n) is 6.47. The molecule has 0 aromatic heterocycles. The molecule has 1 aliphatic rings. The zero-order chi connectivity index (χ0) is 15.5. The molecule has 1 fully saturated rings. The number of hydrogen-bond donors (Lipinski definition) is 1. The van der Waals surface area contributed by atoms with E-state index in [-0.39, 0.29) is 30.1 Å². The Morgan fingerprint density at radius 2 is 1.95 bits per heavy atom. The van der Waals surface area contributed by atoms with Crippen molar-refractivity contribution < 1.29 is 18.3 Å². The standard InChI is InChI=1S/C16H23F2NO2/c1-16(2,3)19-9-12-5-6-13(21-12)10-20-15-8-11(17)4-7-14(15)18/h4,7-8,12-13,19H,5-6,9-10H2,1-3H3. The van der Waals surface area contributed by atoms with E-state index in [0.717, 1.165) is 37.6 Å². The van der Waals surface area contributed by atoms with Crippen LogP contribution in [0.15, 0.2) is 18.2 Å². The molecule has 1 saturated heterocycles. The third-order valence-electron chi connectivity index (χ3n) is 3.37. The quantitative estimate of drug-likeness (QED) is 0.905. The van der Waals surface area contributed by atoms with Gasteiger partial charge in [0.25, 0.3) is 0 Å². The molecule has 0 spiro atoms. The molecule has 0 aliphatic carbocycles. The lowest BCUT2D eigenvalue weighted by molar-refractivity contribution is 0.0154. The van der Waals surface area contributed by atoms with E-state index < -0.39 is 11.6 Å².